The first kappa shape index (κ1) is 17.6. The van der Waals surface area contributed by atoms with E-state index in [2.05, 4.69) is 5.32 Å². The molecule has 1 fully saturated rings. The van der Waals surface area contributed by atoms with Crippen LogP contribution in [0.5, 0.6) is 0 Å². The van der Waals surface area contributed by atoms with Gasteiger partial charge in [-0.2, -0.15) is 13.2 Å². The fourth-order valence-electron chi connectivity index (χ4n) is 2.16. The van der Waals surface area contributed by atoms with Crippen LogP contribution in [0.2, 0.25) is 0 Å². The second-order valence-electron chi connectivity index (χ2n) is 6.19. The number of alkyl halides is 3. The van der Waals surface area contributed by atoms with Gasteiger partial charge in [-0.05, 0) is 40.0 Å². The predicted octanol–water partition coefficient (Wildman–Crippen LogP) is 2.36. The van der Waals surface area contributed by atoms with Gasteiger partial charge in [0.25, 0.3) is 0 Å². The van der Waals surface area contributed by atoms with Crippen molar-refractivity contribution in [3.63, 3.8) is 0 Å². The van der Waals surface area contributed by atoms with E-state index in [-0.39, 0.29) is 6.04 Å². The van der Waals surface area contributed by atoms with E-state index in [1.54, 1.807) is 20.8 Å². The zero-order valence-corrected chi connectivity index (χ0v) is 12.3. The SMILES string of the molecule is CC(C)(C)OC(=O)N[C@H]1CC[C@H](C(=O)NCC(F)(F)F)C1. The van der Waals surface area contributed by atoms with Crippen molar-refractivity contribution in [2.24, 2.45) is 5.92 Å². The molecule has 122 valence electrons. The number of halogens is 3. The van der Waals surface area contributed by atoms with Gasteiger partial charge in [0.15, 0.2) is 0 Å². The third kappa shape index (κ3) is 7.19. The van der Waals surface area contributed by atoms with Crippen molar-refractivity contribution in [3.05, 3.63) is 0 Å². The second kappa shape index (κ2) is 6.53. The Morgan fingerprint density at radius 1 is 1.19 bits per heavy atom. The summed E-state index contributed by atoms with van der Waals surface area (Å²) >= 11 is 0. The molecule has 5 nitrogen and oxygen atoms in total. The van der Waals surface area contributed by atoms with Crippen LogP contribution in [-0.2, 0) is 9.53 Å². The van der Waals surface area contributed by atoms with Gasteiger partial charge in [0.1, 0.15) is 12.1 Å². The molecule has 0 bridgehead atoms. The number of nitrogens with one attached hydrogen (secondary N) is 2. The van der Waals surface area contributed by atoms with Gasteiger partial charge in [-0.25, -0.2) is 4.79 Å². The van der Waals surface area contributed by atoms with Crippen LogP contribution < -0.4 is 10.6 Å². The lowest BCUT2D eigenvalue weighted by molar-refractivity contribution is -0.140. The van der Waals surface area contributed by atoms with E-state index < -0.39 is 36.2 Å². The maximum Gasteiger partial charge on any atom is 0.407 e. The fourth-order valence-corrected chi connectivity index (χ4v) is 2.16. The van der Waals surface area contributed by atoms with Gasteiger partial charge in [-0.15, -0.1) is 0 Å². The number of rotatable bonds is 3. The van der Waals surface area contributed by atoms with E-state index in [0.29, 0.717) is 19.3 Å². The van der Waals surface area contributed by atoms with Gasteiger partial charge in [-0.3, -0.25) is 4.79 Å². The summed E-state index contributed by atoms with van der Waals surface area (Å²) in [7, 11) is 0. The smallest absolute Gasteiger partial charge is 0.407 e. The Morgan fingerprint density at radius 2 is 1.81 bits per heavy atom. The molecule has 0 aromatic rings. The van der Waals surface area contributed by atoms with Gasteiger partial charge in [0.2, 0.25) is 5.91 Å². The lowest BCUT2D eigenvalue weighted by Crippen LogP contribution is -2.39. The van der Waals surface area contributed by atoms with Crippen LogP contribution in [0.15, 0.2) is 0 Å². The summed E-state index contributed by atoms with van der Waals surface area (Å²) in [5.74, 6) is -1.13. The maximum absolute atomic E-state index is 12.0. The summed E-state index contributed by atoms with van der Waals surface area (Å²) in [5, 5.41) is 4.50. The number of ether oxygens (including phenoxy) is 1. The van der Waals surface area contributed by atoms with E-state index in [1.807, 2.05) is 5.32 Å². The summed E-state index contributed by atoms with van der Waals surface area (Å²) in [6.07, 6.45) is -3.68. The Balaban J connectivity index is 2.35. The summed E-state index contributed by atoms with van der Waals surface area (Å²) in [4.78, 5) is 23.2. The quantitative estimate of drug-likeness (QED) is 0.841. The van der Waals surface area contributed by atoms with Gasteiger partial charge in [0, 0.05) is 12.0 Å². The molecular weight excluding hydrogens is 289 g/mol. The first-order valence-corrected chi connectivity index (χ1v) is 6.80. The molecule has 1 rings (SSSR count). The van der Waals surface area contributed by atoms with Crippen LogP contribution in [0.25, 0.3) is 0 Å². The minimum atomic E-state index is -4.41. The monoisotopic (exact) mass is 310 g/mol. The maximum atomic E-state index is 12.0. The number of amides is 2. The summed E-state index contributed by atoms with van der Waals surface area (Å²) in [6, 6.07) is -0.249. The number of carbonyl (C=O) groups is 2. The molecule has 2 amide bonds. The van der Waals surface area contributed by atoms with Crippen molar-refractivity contribution in [3.8, 4) is 0 Å². The molecule has 21 heavy (non-hydrogen) atoms. The van der Waals surface area contributed by atoms with Crippen molar-refractivity contribution in [1.29, 1.82) is 0 Å². The van der Waals surface area contributed by atoms with Crippen molar-refractivity contribution < 1.29 is 27.5 Å². The van der Waals surface area contributed by atoms with Gasteiger partial charge in [-0.1, -0.05) is 0 Å². The summed E-state index contributed by atoms with van der Waals surface area (Å²) < 4.78 is 41.2. The lowest BCUT2D eigenvalue weighted by atomic mass is 10.1. The molecule has 2 atom stereocenters. The summed E-state index contributed by atoms with van der Waals surface area (Å²) in [5.41, 5.74) is -0.619. The van der Waals surface area contributed by atoms with E-state index >= 15 is 0 Å². The third-order valence-corrected chi connectivity index (χ3v) is 2.99. The first-order valence-electron chi connectivity index (χ1n) is 6.80. The Kier molecular flexibility index (Phi) is 5.47. The van der Waals surface area contributed by atoms with E-state index in [4.69, 9.17) is 4.74 Å². The molecule has 0 radical (unpaired) electrons. The molecule has 0 aromatic carbocycles. The number of hydrogen-bond donors (Lipinski definition) is 2. The van der Waals surface area contributed by atoms with Crippen LogP contribution in [0.1, 0.15) is 40.0 Å². The van der Waals surface area contributed by atoms with Crippen LogP contribution >= 0.6 is 0 Å². The highest BCUT2D eigenvalue weighted by Gasteiger charge is 2.34. The Hall–Kier alpha value is -1.47. The highest BCUT2D eigenvalue weighted by Crippen LogP contribution is 2.26. The molecule has 1 aliphatic carbocycles. The molecule has 0 saturated heterocycles. The number of carbonyl (C=O) groups excluding carboxylic acids is 2. The van der Waals surface area contributed by atoms with Gasteiger partial charge in [0.05, 0.1) is 0 Å². The molecule has 0 heterocycles. The largest absolute Gasteiger partial charge is 0.444 e. The van der Waals surface area contributed by atoms with Gasteiger partial charge >= 0.3 is 12.3 Å². The Labute approximate surface area is 121 Å². The van der Waals surface area contributed by atoms with Crippen LogP contribution in [-0.4, -0.2) is 36.4 Å². The molecule has 0 aromatic heterocycles. The Morgan fingerprint density at radius 3 is 2.33 bits per heavy atom. The fraction of sp³-hybridized carbons (Fsp3) is 0.846. The third-order valence-electron chi connectivity index (χ3n) is 2.99. The molecule has 2 N–H and O–H groups in total. The number of hydrogen-bond acceptors (Lipinski definition) is 3. The van der Waals surface area contributed by atoms with Crippen LogP contribution in [0.3, 0.4) is 0 Å². The van der Waals surface area contributed by atoms with Crippen molar-refractivity contribution >= 4 is 12.0 Å². The molecule has 1 saturated carbocycles. The normalized spacial score (nSPS) is 22.8. The van der Waals surface area contributed by atoms with Crippen molar-refractivity contribution in [2.45, 2.75) is 57.9 Å². The first-order chi connectivity index (χ1) is 9.46. The van der Waals surface area contributed by atoms with E-state index in [1.165, 1.54) is 0 Å². The highest BCUT2D eigenvalue weighted by atomic mass is 19.4. The van der Waals surface area contributed by atoms with Crippen LogP contribution in [0.4, 0.5) is 18.0 Å². The average molecular weight is 310 g/mol. The molecule has 0 spiro atoms. The zero-order valence-electron chi connectivity index (χ0n) is 12.3. The minimum Gasteiger partial charge on any atom is -0.444 e. The zero-order chi connectivity index (χ0) is 16.3. The summed E-state index contributed by atoms with van der Waals surface area (Å²) in [6.45, 7) is 3.87. The lowest BCUT2D eigenvalue weighted by Gasteiger charge is -2.21. The average Bonchev–Trinajstić information content (AvgIpc) is 2.70. The Bertz CT molecular complexity index is 391. The second-order valence-corrected chi connectivity index (χ2v) is 6.19. The standard InChI is InChI=1S/C13H21F3N2O3/c1-12(2,3)21-11(20)18-9-5-4-8(6-9)10(19)17-7-13(14,15)16/h8-9H,4-7H2,1-3H3,(H,17,19)(H,18,20)/t8-,9-/m0/s1. The van der Waals surface area contributed by atoms with Gasteiger partial charge < -0.3 is 15.4 Å². The molecule has 8 heteroatoms. The number of alkyl carbamates (subject to hydrolysis) is 1. The molecular formula is C13H21F3N2O3. The molecule has 0 unspecified atom stereocenters. The molecule has 0 aliphatic heterocycles. The predicted molar refractivity (Wildman–Crippen MR) is 69.6 cm³/mol. The van der Waals surface area contributed by atoms with Crippen molar-refractivity contribution in [2.75, 3.05) is 6.54 Å². The van der Waals surface area contributed by atoms with E-state index in [0.717, 1.165) is 0 Å². The molecule has 1 aliphatic rings. The van der Waals surface area contributed by atoms with Crippen LogP contribution in [0, 0.1) is 5.92 Å². The van der Waals surface area contributed by atoms with Crippen molar-refractivity contribution in [1.82, 2.24) is 10.6 Å². The van der Waals surface area contributed by atoms with E-state index in [9.17, 15) is 22.8 Å². The topological polar surface area (TPSA) is 67.4 Å². The minimum absolute atomic E-state index is 0.249. The highest BCUT2D eigenvalue weighted by molar-refractivity contribution is 5.79.